The molecule has 0 heterocycles. The smallest absolute Gasteiger partial charge is 0.136 e. The summed E-state index contributed by atoms with van der Waals surface area (Å²) in [5.74, 6) is 0.341. The van der Waals surface area contributed by atoms with E-state index < -0.39 is 0 Å². The zero-order chi connectivity index (χ0) is 13.8. The van der Waals surface area contributed by atoms with Gasteiger partial charge in [-0.3, -0.25) is 0 Å². The van der Waals surface area contributed by atoms with Crippen LogP contribution in [0.25, 0.3) is 0 Å². The van der Waals surface area contributed by atoms with Gasteiger partial charge in [0.15, 0.2) is 0 Å². The summed E-state index contributed by atoms with van der Waals surface area (Å²) in [5.41, 5.74) is 7.17. The molecule has 0 spiro atoms. The van der Waals surface area contributed by atoms with E-state index in [-0.39, 0.29) is 11.9 Å². The Morgan fingerprint density at radius 2 is 2.05 bits per heavy atom. The van der Waals surface area contributed by atoms with Gasteiger partial charge in [-0.15, -0.1) is 0 Å². The van der Waals surface area contributed by atoms with Crippen LogP contribution in [0.4, 0.5) is 4.39 Å². The minimum absolute atomic E-state index is 0.251. The van der Waals surface area contributed by atoms with Crippen LogP contribution in [-0.4, -0.2) is 6.54 Å². The van der Waals surface area contributed by atoms with E-state index in [9.17, 15) is 4.39 Å². The standard InChI is InChI=1S/C15H15ClFNO/c1-10-7-13(5-6-14(10)17)19-15(9-18)11-3-2-4-12(16)8-11/h2-8,15H,9,18H2,1H3. The third kappa shape index (κ3) is 3.46. The summed E-state index contributed by atoms with van der Waals surface area (Å²) in [5, 5.41) is 0.634. The molecule has 0 aliphatic rings. The van der Waals surface area contributed by atoms with Crippen LogP contribution < -0.4 is 10.5 Å². The van der Waals surface area contributed by atoms with Crippen molar-refractivity contribution < 1.29 is 9.13 Å². The van der Waals surface area contributed by atoms with Gasteiger partial charge < -0.3 is 10.5 Å². The average molecular weight is 280 g/mol. The lowest BCUT2D eigenvalue weighted by molar-refractivity contribution is 0.214. The Labute approximate surface area is 117 Å². The van der Waals surface area contributed by atoms with Crippen molar-refractivity contribution in [1.29, 1.82) is 0 Å². The van der Waals surface area contributed by atoms with Gasteiger partial charge in [-0.2, -0.15) is 0 Å². The first-order chi connectivity index (χ1) is 9.10. The maximum Gasteiger partial charge on any atom is 0.136 e. The SMILES string of the molecule is Cc1cc(OC(CN)c2cccc(Cl)c2)ccc1F. The van der Waals surface area contributed by atoms with Crippen LogP contribution >= 0.6 is 11.6 Å². The van der Waals surface area contributed by atoms with Crippen LogP contribution in [0.1, 0.15) is 17.2 Å². The number of hydrogen-bond donors (Lipinski definition) is 1. The number of rotatable bonds is 4. The predicted octanol–water partition coefficient (Wildman–Crippen LogP) is 3.87. The Balaban J connectivity index is 2.21. The third-order valence-corrected chi connectivity index (χ3v) is 3.08. The van der Waals surface area contributed by atoms with E-state index >= 15 is 0 Å². The summed E-state index contributed by atoms with van der Waals surface area (Å²) in [6.45, 7) is 2.01. The van der Waals surface area contributed by atoms with Crippen LogP contribution in [0.5, 0.6) is 5.75 Å². The number of aryl methyl sites for hydroxylation is 1. The van der Waals surface area contributed by atoms with Crippen molar-refractivity contribution in [3.63, 3.8) is 0 Å². The molecule has 0 saturated carbocycles. The fourth-order valence-electron chi connectivity index (χ4n) is 1.81. The maximum absolute atomic E-state index is 13.2. The van der Waals surface area contributed by atoms with Gasteiger partial charge in [-0.05, 0) is 48.4 Å². The van der Waals surface area contributed by atoms with Crippen LogP contribution in [0.15, 0.2) is 42.5 Å². The second-order valence-corrected chi connectivity index (χ2v) is 4.74. The second-order valence-electron chi connectivity index (χ2n) is 4.31. The summed E-state index contributed by atoms with van der Waals surface area (Å²) >= 11 is 5.95. The van der Waals surface area contributed by atoms with Crippen LogP contribution in [0.3, 0.4) is 0 Å². The van der Waals surface area contributed by atoms with Crippen molar-refractivity contribution in [3.8, 4) is 5.75 Å². The van der Waals surface area contributed by atoms with Gasteiger partial charge in [0.1, 0.15) is 17.7 Å². The summed E-state index contributed by atoms with van der Waals surface area (Å²) in [7, 11) is 0. The minimum atomic E-state index is -0.302. The van der Waals surface area contributed by atoms with Gasteiger partial charge in [-0.25, -0.2) is 4.39 Å². The molecule has 19 heavy (non-hydrogen) atoms. The van der Waals surface area contributed by atoms with Gasteiger partial charge in [-0.1, -0.05) is 23.7 Å². The largest absolute Gasteiger partial charge is 0.484 e. The fourth-order valence-corrected chi connectivity index (χ4v) is 2.01. The molecule has 1 atom stereocenters. The Bertz CT molecular complexity index is 574. The number of halogens is 2. The first-order valence-electron chi connectivity index (χ1n) is 5.98. The van der Waals surface area contributed by atoms with E-state index in [1.807, 2.05) is 18.2 Å². The molecule has 2 aromatic carbocycles. The molecule has 0 bridgehead atoms. The third-order valence-electron chi connectivity index (χ3n) is 2.84. The van der Waals surface area contributed by atoms with Crippen molar-refractivity contribution in [2.75, 3.05) is 6.54 Å². The first kappa shape index (κ1) is 13.8. The molecule has 100 valence electrons. The Kier molecular flexibility index (Phi) is 4.40. The summed E-state index contributed by atoms with van der Waals surface area (Å²) < 4.78 is 19.0. The van der Waals surface area contributed by atoms with Crippen molar-refractivity contribution >= 4 is 11.6 Å². The van der Waals surface area contributed by atoms with Gasteiger partial charge in [0.2, 0.25) is 0 Å². The normalized spacial score (nSPS) is 12.2. The number of nitrogens with two attached hydrogens (primary N) is 1. The molecule has 2 nitrogen and oxygen atoms in total. The number of hydrogen-bond acceptors (Lipinski definition) is 2. The predicted molar refractivity (Wildman–Crippen MR) is 75.0 cm³/mol. The van der Waals surface area contributed by atoms with Crippen molar-refractivity contribution in [2.24, 2.45) is 5.73 Å². The highest BCUT2D eigenvalue weighted by Gasteiger charge is 2.12. The molecule has 2 N–H and O–H groups in total. The fraction of sp³-hybridized carbons (Fsp3) is 0.200. The van der Waals surface area contributed by atoms with E-state index in [0.29, 0.717) is 22.9 Å². The second kappa shape index (κ2) is 6.04. The van der Waals surface area contributed by atoms with E-state index in [1.165, 1.54) is 6.07 Å². The molecular weight excluding hydrogens is 265 g/mol. The summed E-state index contributed by atoms with van der Waals surface area (Å²) in [6, 6.07) is 12.0. The highest BCUT2D eigenvalue weighted by atomic mass is 35.5. The van der Waals surface area contributed by atoms with Crippen molar-refractivity contribution in [2.45, 2.75) is 13.0 Å². The quantitative estimate of drug-likeness (QED) is 0.922. The van der Waals surface area contributed by atoms with E-state index in [1.54, 1.807) is 25.1 Å². The molecule has 0 fully saturated rings. The Morgan fingerprint density at radius 3 is 2.68 bits per heavy atom. The monoisotopic (exact) mass is 279 g/mol. The molecule has 0 radical (unpaired) electrons. The molecule has 0 saturated heterocycles. The zero-order valence-corrected chi connectivity index (χ0v) is 11.3. The maximum atomic E-state index is 13.2. The molecule has 0 aliphatic carbocycles. The van der Waals surface area contributed by atoms with Crippen molar-refractivity contribution in [1.82, 2.24) is 0 Å². The molecule has 0 aliphatic heterocycles. The van der Waals surface area contributed by atoms with Gasteiger partial charge in [0, 0.05) is 11.6 Å². The Hall–Kier alpha value is -1.58. The average Bonchev–Trinajstić information content (AvgIpc) is 2.40. The number of ether oxygens (including phenoxy) is 1. The molecule has 2 aromatic rings. The van der Waals surface area contributed by atoms with Crippen LogP contribution in [0.2, 0.25) is 5.02 Å². The molecule has 2 rings (SSSR count). The van der Waals surface area contributed by atoms with Crippen molar-refractivity contribution in [3.05, 3.63) is 64.4 Å². The molecule has 1 unspecified atom stereocenters. The molecule has 0 amide bonds. The summed E-state index contributed by atoms with van der Waals surface area (Å²) in [4.78, 5) is 0. The lowest BCUT2D eigenvalue weighted by Gasteiger charge is -2.18. The van der Waals surface area contributed by atoms with Gasteiger partial charge >= 0.3 is 0 Å². The van der Waals surface area contributed by atoms with E-state index in [0.717, 1.165) is 5.56 Å². The molecular formula is C15H15ClFNO. The summed E-state index contributed by atoms with van der Waals surface area (Å²) in [6.07, 6.45) is -0.302. The molecule has 0 aromatic heterocycles. The Morgan fingerprint density at radius 1 is 1.26 bits per heavy atom. The lowest BCUT2D eigenvalue weighted by Crippen LogP contribution is -2.18. The van der Waals surface area contributed by atoms with Crippen LogP contribution in [-0.2, 0) is 0 Å². The molecule has 4 heteroatoms. The number of benzene rings is 2. The topological polar surface area (TPSA) is 35.2 Å². The van der Waals surface area contributed by atoms with Crippen LogP contribution in [0, 0.1) is 12.7 Å². The highest BCUT2D eigenvalue weighted by Crippen LogP contribution is 2.24. The lowest BCUT2D eigenvalue weighted by atomic mass is 10.1. The first-order valence-corrected chi connectivity index (χ1v) is 6.36. The van der Waals surface area contributed by atoms with E-state index in [4.69, 9.17) is 22.1 Å². The van der Waals surface area contributed by atoms with Gasteiger partial charge in [0.05, 0.1) is 0 Å². The van der Waals surface area contributed by atoms with E-state index in [2.05, 4.69) is 0 Å². The van der Waals surface area contributed by atoms with Gasteiger partial charge in [0.25, 0.3) is 0 Å². The zero-order valence-electron chi connectivity index (χ0n) is 10.6. The highest BCUT2D eigenvalue weighted by molar-refractivity contribution is 6.30. The minimum Gasteiger partial charge on any atom is -0.484 e.